The third-order valence-corrected chi connectivity index (χ3v) is 5.58. The van der Waals surface area contributed by atoms with Gasteiger partial charge in [0.05, 0.1) is 48.2 Å². The molecule has 5 aromatic rings. The zero-order chi connectivity index (χ0) is 27.2. The molecule has 0 spiro atoms. The molecule has 0 aromatic carbocycles. The number of nitrogens with zero attached hydrogens (tertiary/aromatic N) is 8. The van der Waals surface area contributed by atoms with Crippen molar-refractivity contribution in [1.29, 1.82) is 0 Å². The molecule has 14 heteroatoms. The van der Waals surface area contributed by atoms with Gasteiger partial charge >= 0.3 is 6.03 Å². The van der Waals surface area contributed by atoms with Crippen LogP contribution in [0.1, 0.15) is 48.4 Å². The van der Waals surface area contributed by atoms with Crippen molar-refractivity contribution in [3.05, 3.63) is 77.5 Å². The first kappa shape index (κ1) is 28.6. The lowest BCUT2D eigenvalue weighted by molar-refractivity contribution is -0.114. The molecule has 206 valence electrons. The van der Waals surface area contributed by atoms with Crippen molar-refractivity contribution in [2.24, 2.45) is 0 Å². The van der Waals surface area contributed by atoms with Crippen molar-refractivity contribution in [1.82, 2.24) is 39.4 Å². The predicted molar refractivity (Wildman–Crippen MR) is 142 cm³/mol. The Labute approximate surface area is 225 Å². The van der Waals surface area contributed by atoms with E-state index in [9.17, 15) is 9.59 Å². The van der Waals surface area contributed by atoms with Gasteiger partial charge in [0.15, 0.2) is 0 Å². The highest BCUT2D eigenvalue weighted by Crippen LogP contribution is 2.16. The van der Waals surface area contributed by atoms with E-state index in [1.165, 1.54) is 17.8 Å². The average Bonchev–Trinajstić information content (AvgIpc) is 3.70. The molecule has 0 aliphatic carbocycles. The number of hydrogen-bond donors (Lipinski definition) is 2. The molecule has 0 saturated carbocycles. The minimum atomic E-state index is -0.288. The van der Waals surface area contributed by atoms with Crippen molar-refractivity contribution < 1.29 is 18.6 Å². The van der Waals surface area contributed by atoms with Gasteiger partial charge in [-0.3, -0.25) is 18.7 Å². The second kappa shape index (κ2) is 12.5. The zero-order valence-corrected chi connectivity index (χ0v) is 21.7. The van der Waals surface area contributed by atoms with Crippen LogP contribution in [-0.4, -0.2) is 51.4 Å². The molecule has 0 aliphatic rings. The molecule has 0 unspecified atom stereocenters. The first-order valence-corrected chi connectivity index (χ1v) is 11.6. The Morgan fingerprint density at radius 1 is 0.846 bits per heavy atom. The van der Waals surface area contributed by atoms with Crippen LogP contribution in [0.5, 0.6) is 0 Å². The predicted octanol–water partition coefficient (Wildman–Crippen LogP) is 3.94. The van der Waals surface area contributed by atoms with Crippen LogP contribution < -0.4 is 10.6 Å². The SMILES string of the molecule is C.CC(=O)Nc1cnn(Cc2c(C)noc2C)c1.Cc1noc(C)c1Cn1cc(NC(=O)n2ccnc2)cn1. The van der Waals surface area contributed by atoms with Crippen molar-refractivity contribution >= 4 is 23.3 Å². The summed E-state index contributed by atoms with van der Waals surface area (Å²) in [5, 5.41) is 21.6. The summed E-state index contributed by atoms with van der Waals surface area (Å²) in [6, 6.07) is -0.288. The average molecular weight is 537 g/mol. The Morgan fingerprint density at radius 2 is 1.36 bits per heavy atom. The Hall–Kier alpha value is -5.01. The lowest BCUT2D eigenvalue weighted by Gasteiger charge is -2.02. The summed E-state index contributed by atoms with van der Waals surface area (Å²) in [5.74, 6) is 1.45. The second-order valence-electron chi connectivity index (χ2n) is 8.54. The van der Waals surface area contributed by atoms with E-state index in [1.54, 1.807) is 46.5 Å². The third-order valence-electron chi connectivity index (χ3n) is 5.58. The number of aromatic nitrogens is 8. The quantitative estimate of drug-likeness (QED) is 0.327. The van der Waals surface area contributed by atoms with Gasteiger partial charge in [-0.15, -0.1) is 0 Å². The molecule has 39 heavy (non-hydrogen) atoms. The molecule has 0 aliphatic heterocycles. The lowest BCUT2D eigenvalue weighted by atomic mass is 10.2. The standard InChI is InChI=1S/C13H14N6O2.C11H14N4O2.CH4/c1-9-12(10(2)21-17-9)7-19-6-11(5-15-19)16-13(20)18-4-3-14-8-18;1-7-11(8(2)17-14-7)6-15-5-10(4-12-15)13-9(3)16;/h3-6,8H,7H2,1-2H3,(H,16,20);4-5H,6H2,1-3H3,(H,13,16);1H4. The maximum Gasteiger partial charge on any atom is 0.331 e. The fourth-order valence-electron chi connectivity index (χ4n) is 3.58. The highest BCUT2D eigenvalue weighted by atomic mass is 16.5. The van der Waals surface area contributed by atoms with Crippen LogP contribution in [-0.2, 0) is 17.9 Å². The number of imidazole rings is 1. The van der Waals surface area contributed by atoms with E-state index in [4.69, 9.17) is 9.05 Å². The Bertz CT molecular complexity index is 1480. The Kier molecular flexibility index (Phi) is 9.15. The number of amides is 2. The second-order valence-corrected chi connectivity index (χ2v) is 8.54. The summed E-state index contributed by atoms with van der Waals surface area (Å²) in [6.45, 7) is 10.1. The molecule has 5 rings (SSSR count). The molecule has 2 amide bonds. The molecule has 5 heterocycles. The Morgan fingerprint density at radius 3 is 1.77 bits per heavy atom. The minimum Gasteiger partial charge on any atom is -0.361 e. The first-order valence-electron chi connectivity index (χ1n) is 11.6. The van der Waals surface area contributed by atoms with Crippen molar-refractivity contribution in [3.8, 4) is 0 Å². The van der Waals surface area contributed by atoms with E-state index in [-0.39, 0.29) is 19.4 Å². The van der Waals surface area contributed by atoms with Crippen molar-refractivity contribution in [2.45, 2.75) is 55.1 Å². The van der Waals surface area contributed by atoms with E-state index >= 15 is 0 Å². The minimum absolute atomic E-state index is 0. The van der Waals surface area contributed by atoms with E-state index < -0.39 is 0 Å². The number of aryl methyl sites for hydroxylation is 4. The number of nitrogens with one attached hydrogen (secondary N) is 2. The third kappa shape index (κ3) is 7.28. The maximum absolute atomic E-state index is 11.9. The highest BCUT2D eigenvalue weighted by molar-refractivity contribution is 5.90. The first-order chi connectivity index (χ1) is 18.2. The molecule has 0 fully saturated rings. The number of anilines is 2. The van der Waals surface area contributed by atoms with Gasteiger partial charge in [0.1, 0.15) is 17.8 Å². The van der Waals surface area contributed by atoms with Crippen molar-refractivity contribution in [2.75, 3.05) is 10.6 Å². The van der Waals surface area contributed by atoms with Gasteiger partial charge < -0.3 is 19.7 Å². The summed E-state index contributed by atoms with van der Waals surface area (Å²) < 4.78 is 15.0. The van der Waals surface area contributed by atoms with Gasteiger partial charge in [0.25, 0.3) is 0 Å². The maximum atomic E-state index is 11.9. The smallest absolute Gasteiger partial charge is 0.331 e. The van der Waals surface area contributed by atoms with Gasteiger partial charge in [0, 0.05) is 42.8 Å². The fraction of sp³-hybridized carbons (Fsp3) is 0.320. The molecular weight excluding hydrogens is 504 g/mol. The fourth-order valence-corrected chi connectivity index (χ4v) is 3.58. The molecule has 0 radical (unpaired) electrons. The van der Waals surface area contributed by atoms with Crippen molar-refractivity contribution in [3.63, 3.8) is 0 Å². The van der Waals surface area contributed by atoms with Gasteiger partial charge in [-0.25, -0.2) is 9.78 Å². The Balaban J connectivity index is 0.000000215. The van der Waals surface area contributed by atoms with Gasteiger partial charge in [-0.05, 0) is 27.7 Å². The largest absolute Gasteiger partial charge is 0.361 e. The zero-order valence-electron chi connectivity index (χ0n) is 21.7. The van der Waals surface area contributed by atoms with Crippen LogP contribution in [0.2, 0.25) is 0 Å². The molecule has 0 bridgehead atoms. The highest BCUT2D eigenvalue weighted by Gasteiger charge is 2.12. The molecule has 0 saturated heterocycles. The summed E-state index contributed by atoms with van der Waals surface area (Å²) in [7, 11) is 0. The lowest BCUT2D eigenvalue weighted by Crippen LogP contribution is -2.17. The number of carbonyl (C=O) groups excluding carboxylic acids is 2. The van der Waals surface area contributed by atoms with E-state index in [1.807, 2.05) is 27.7 Å². The monoisotopic (exact) mass is 536 g/mol. The van der Waals surface area contributed by atoms with Gasteiger partial charge in [-0.1, -0.05) is 17.7 Å². The number of hydrogen-bond acceptors (Lipinski definition) is 9. The van der Waals surface area contributed by atoms with Crippen LogP contribution in [0, 0.1) is 27.7 Å². The topological polar surface area (TPSA) is 164 Å². The molecular formula is C25H32N10O4. The van der Waals surface area contributed by atoms with Crippen LogP contribution in [0.3, 0.4) is 0 Å². The van der Waals surface area contributed by atoms with Crippen LogP contribution in [0.4, 0.5) is 16.2 Å². The summed E-state index contributed by atoms with van der Waals surface area (Å²) in [4.78, 5) is 26.6. The van der Waals surface area contributed by atoms with Crippen LogP contribution in [0.15, 0.2) is 52.6 Å². The van der Waals surface area contributed by atoms with Gasteiger partial charge in [0.2, 0.25) is 5.91 Å². The van der Waals surface area contributed by atoms with Gasteiger partial charge in [-0.2, -0.15) is 10.2 Å². The van der Waals surface area contributed by atoms with E-state index in [0.717, 1.165) is 34.0 Å². The van der Waals surface area contributed by atoms with Crippen LogP contribution in [0.25, 0.3) is 0 Å². The number of carbonyl (C=O) groups is 2. The molecule has 2 N–H and O–H groups in total. The van der Waals surface area contributed by atoms with Crippen LogP contribution >= 0.6 is 0 Å². The summed E-state index contributed by atoms with van der Waals surface area (Å²) >= 11 is 0. The summed E-state index contributed by atoms with van der Waals surface area (Å²) in [6.07, 6.45) is 11.3. The molecule has 5 aromatic heterocycles. The van der Waals surface area contributed by atoms with E-state index in [0.29, 0.717) is 24.5 Å². The number of rotatable bonds is 6. The molecule has 0 atom stereocenters. The summed E-state index contributed by atoms with van der Waals surface area (Å²) in [5.41, 5.74) is 5.00. The van der Waals surface area contributed by atoms with E-state index in [2.05, 4.69) is 36.1 Å². The normalized spacial score (nSPS) is 10.4. The molecule has 14 nitrogen and oxygen atoms in total.